The first-order valence-electron chi connectivity index (χ1n) is 8.22. The van der Waals surface area contributed by atoms with Gasteiger partial charge in [0.25, 0.3) is 0 Å². The largest absolute Gasteiger partial charge is 0.496 e. The van der Waals surface area contributed by atoms with Gasteiger partial charge in [-0.2, -0.15) is 0 Å². The molecule has 0 N–H and O–H groups in total. The molecular weight excluding hydrogens is 292 g/mol. The van der Waals surface area contributed by atoms with Gasteiger partial charge in [0, 0.05) is 19.0 Å². The predicted molar refractivity (Wildman–Crippen MR) is 89.1 cm³/mol. The highest BCUT2D eigenvalue weighted by atomic mass is 16.5. The monoisotopic (exact) mass is 318 g/mol. The van der Waals surface area contributed by atoms with Crippen LogP contribution < -0.4 is 9.47 Å². The minimum atomic E-state index is 0.794. The van der Waals surface area contributed by atoms with Gasteiger partial charge >= 0.3 is 0 Å². The molecule has 0 aliphatic carbocycles. The normalized spacial score (nSPS) is 10.8. The summed E-state index contributed by atoms with van der Waals surface area (Å²) in [6.45, 7) is 5.16. The van der Waals surface area contributed by atoms with Crippen LogP contribution in [0.2, 0.25) is 0 Å². The van der Waals surface area contributed by atoms with Crippen LogP contribution >= 0.6 is 0 Å². The molecule has 0 fully saturated rings. The Morgan fingerprint density at radius 3 is 2.39 bits per heavy atom. The third-order valence-electron chi connectivity index (χ3n) is 4.01. The topological polar surface area (TPSA) is 62.1 Å². The van der Waals surface area contributed by atoms with E-state index in [0.29, 0.717) is 0 Å². The minimum Gasteiger partial charge on any atom is -0.496 e. The zero-order valence-corrected chi connectivity index (χ0v) is 14.5. The summed E-state index contributed by atoms with van der Waals surface area (Å²) in [4.78, 5) is 0. The van der Waals surface area contributed by atoms with Gasteiger partial charge in [-0.25, -0.2) is 4.68 Å². The van der Waals surface area contributed by atoms with Gasteiger partial charge in [-0.1, -0.05) is 20.3 Å². The molecule has 1 aromatic carbocycles. The zero-order chi connectivity index (χ0) is 16.7. The fraction of sp³-hybridized carbons (Fsp3) is 0.588. The fourth-order valence-electron chi connectivity index (χ4n) is 2.64. The summed E-state index contributed by atoms with van der Waals surface area (Å²) < 4.78 is 12.8. The second-order valence-electron chi connectivity index (χ2n) is 5.50. The van der Waals surface area contributed by atoms with Gasteiger partial charge in [0.2, 0.25) is 0 Å². The Kier molecular flexibility index (Phi) is 6.38. The van der Waals surface area contributed by atoms with Crippen molar-refractivity contribution in [3.63, 3.8) is 0 Å². The second kappa shape index (κ2) is 8.50. The van der Waals surface area contributed by atoms with Crippen molar-refractivity contribution < 1.29 is 9.47 Å². The number of hydrogen-bond donors (Lipinski definition) is 0. The molecule has 2 aromatic rings. The van der Waals surface area contributed by atoms with Crippen molar-refractivity contribution in [2.45, 2.75) is 52.5 Å². The lowest BCUT2D eigenvalue weighted by atomic mass is 10.0. The molecule has 0 spiro atoms. The van der Waals surface area contributed by atoms with Crippen molar-refractivity contribution in [3.05, 3.63) is 29.1 Å². The maximum Gasteiger partial charge on any atom is 0.151 e. The lowest BCUT2D eigenvalue weighted by Gasteiger charge is -2.14. The van der Waals surface area contributed by atoms with E-state index in [9.17, 15) is 0 Å². The second-order valence-corrected chi connectivity index (χ2v) is 5.50. The number of hydrogen-bond acceptors (Lipinski definition) is 5. The summed E-state index contributed by atoms with van der Waals surface area (Å²) in [6.07, 6.45) is 4.78. The van der Waals surface area contributed by atoms with Crippen LogP contribution in [0.4, 0.5) is 0 Å². The Bertz CT molecular complexity index is 625. The smallest absolute Gasteiger partial charge is 0.151 e. The standard InChI is InChI=1S/C17H26N4O2/c1-5-7-10-21-17(18-19-20-21)9-8-14-11-13(6-2)15(22-3)12-16(14)23-4/h11-12H,5-10H2,1-4H3. The zero-order valence-electron chi connectivity index (χ0n) is 14.5. The molecule has 1 heterocycles. The van der Waals surface area contributed by atoms with E-state index in [2.05, 4.69) is 35.4 Å². The van der Waals surface area contributed by atoms with Crippen LogP contribution in [0, 0.1) is 0 Å². The summed E-state index contributed by atoms with van der Waals surface area (Å²) in [5, 5.41) is 12.0. The van der Waals surface area contributed by atoms with E-state index >= 15 is 0 Å². The van der Waals surface area contributed by atoms with Crippen LogP contribution in [0.25, 0.3) is 0 Å². The third-order valence-corrected chi connectivity index (χ3v) is 4.01. The number of methoxy groups -OCH3 is 2. The van der Waals surface area contributed by atoms with Crippen molar-refractivity contribution in [3.8, 4) is 11.5 Å². The van der Waals surface area contributed by atoms with Gasteiger partial charge in [0.05, 0.1) is 14.2 Å². The van der Waals surface area contributed by atoms with Gasteiger partial charge < -0.3 is 9.47 Å². The van der Waals surface area contributed by atoms with Crippen LogP contribution in [0.5, 0.6) is 11.5 Å². The van der Waals surface area contributed by atoms with Crippen molar-refractivity contribution in [2.75, 3.05) is 14.2 Å². The van der Waals surface area contributed by atoms with E-state index < -0.39 is 0 Å². The molecule has 0 atom stereocenters. The summed E-state index contributed by atoms with van der Waals surface area (Å²) in [6, 6.07) is 4.13. The Balaban J connectivity index is 2.15. The fourth-order valence-corrected chi connectivity index (χ4v) is 2.64. The van der Waals surface area contributed by atoms with Crippen LogP contribution in [-0.4, -0.2) is 34.4 Å². The molecule has 0 aliphatic rings. The maximum absolute atomic E-state index is 5.51. The lowest BCUT2D eigenvalue weighted by molar-refractivity contribution is 0.388. The first-order chi connectivity index (χ1) is 11.2. The summed E-state index contributed by atoms with van der Waals surface area (Å²) >= 11 is 0. The van der Waals surface area contributed by atoms with Crippen molar-refractivity contribution in [2.24, 2.45) is 0 Å². The van der Waals surface area contributed by atoms with Crippen molar-refractivity contribution >= 4 is 0 Å². The van der Waals surface area contributed by atoms with Gasteiger partial charge in [0.15, 0.2) is 5.82 Å². The number of aryl methyl sites for hydroxylation is 4. The Hall–Kier alpha value is -2.11. The number of nitrogens with zero attached hydrogens (tertiary/aromatic N) is 4. The van der Waals surface area contributed by atoms with Gasteiger partial charge in [0.1, 0.15) is 11.5 Å². The molecule has 2 rings (SSSR count). The Labute approximate surface area is 137 Å². The highest BCUT2D eigenvalue weighted by molar-refractivity contribution is 5.47. The van der Waals surface area contributed by atoms with E-state index in [4.69, 9.17) is 9.47 Å². The summed E-state index contributed by atoms with van der Waals surface area (Å²) in [7, 11) is 3.38. The van der Waals surface area contributed by atoms with E-state index in [0.717, 1.165) is 61.5 Å². The SMILES string of the molecule is CCCCn1nnnc1CCc1cc(CC)c(OC)cc1OC. The first kappa shape index (κ1) is 17.2. The quantitative estimate of drug-likeness (QED) is 0.711. The molecule has 6 nitrogen and oxygen atoms in total. The van der Waals surface area contributed by atoms with E-state index in [1.807, 2.05) is 10.7 Å². The Morgan fingerprint density at radius 1 is 1.00 bits per heavy atom. The molecule has 1 aromatic heterocycles. The number of rotatable bonds is 9. The van der Waals surface area contributed by atoms with Crippen LogP contribution in [0.15, 0.2) is 12.1 Å². The molecule has 0 saturated carbocycles. The first-order valence-corrected chi connectivity index (χ1v) is 8.22. The molecule has 0 saturated heterocycles. The molecule has 6 heteroatoms. The molecule has 0 unspecified atom stereocenters. The van der Waals surface area contributed by atoms with E-state index in [1.54, 1.807) is 14.2 Å². The number of benzene rings is 1. The minimum absolute atomic E-state index is 0.794. The average Bonchev–Trinajstić information content (AvgIpc) is 3.04. The van der Waals surface area contributed by atoms with Crippen LogP contribution in [0.1, 0.15) is 43.6 Å². The van der Waals surface area contributed by atoms with Crippen LogP contribution in [-0.2, 0) is 25.8 Å². The maximum atomic E-state index is 5.51. The number of unbranched alkanes of at least 4 members (excludes halogenated alkanes) is 1. The molecule has 0 bridgehead atoms. The molecule has 126 valence electrons. The lowest BCUT2D eigenvalue weighted by Crippen LogP contribution is -2.08. The predicted octanol–water partition coefficient (Wildman–Crippen LogP) is 2.84. The number of tetrazole rings is 1. The van der Waals surface area contributed by atoms with E-state index in [-0.39, 0.29) is 0 Å². The third kappa shape index (κ3) is 4.21. The van der Waals surface area contributed by atoms with Crippen molar-refractivity contribution in [1.82, 2.24) is 20.2 Å². The average molecular weight is 318 g/mol. The molecular formula is C17H26N4O2. The van der Waals surface area contributed by atoms with Gasteiger partial charge in [-0.3, -0.25) is 0 Å². The number of aromatic nitrogens is 4. The highest BCUT2D eigenvalue weighted by Crippen LogP contribution is 2.30. The van der Waals surface area contributed by atoms with Gasteiger partial charge in [-0.05, 0) is 46.9 Å². The Morgan fingerprint density at radius 2 is 1.74 bits per heavy atom. The van der Waals surface area contributed by atoms with E-state index in [1.165, 1.54) is 5.56 Å². The number of ether oxygens (including phenoxy) is 2. The van der Waals surface area contributed by atoms with Crippen molar-refractivity contribution in [1.29, 1.82) is 0 Å². The molecule has 0 amide bonds. The van der Waals surface area contributed by atoms with Gasteiger partial charge in [-0.15, -0.1) is 5.10 Å². The van der Waals surface area contributed by atoms with Crippen LogP contribution in [0.3, 0.4) is 0 Å². The summed E-state index contributed by atoms with van der Waals surface area (Å²) in [5.74, 6) is 2.65. The molecule has 0 aliphatic heterocycles. The summed E-state index contributed by atoms with van der Waals surface area (Å²) in [5.41, 5.74) is 2.35. The molecule has 23 heavy (non-hydrogen) atoms. The molecule has 0 radical (unpaired) electrons. The highest BCUT2D eigenvalue weighted by Gasteiger charge is 2.12.